The molecule has 0 fully saturated rings. The monoisotopic (exact) mass is 722 g/mol. The van der Waals surface area contributed by atoms with E-state index in [0.29, 0.717) is 46.7 Å². The second-order valence-electron chi connectivity index (χ2n) is 12.0. The van der Waals surface area contributed by atoms with Gasteiger partial charge in [0.25, 0.3) is 0 Å². The first-order valence-electron chi connectivity index (χ1n) is 17.4. The molecule has 6 N–H and O–H groups in total. The van der Waals surface area contributed by atoms with Crippen LogP contribution in [0, 0.1) is 0 Å². The van der Waals surface area contributed by atoms with Gasteiger partial charge in [0, 0.05) is 52.6 Å². The number of nitrogens with one attached hydrogen (secondary N) is 2. The van der Waals surface area contributed by atoms with Crippen molar-refractivity contribution in [1.82, 2.24) is 5.32 Å². The lowest BCUT2D eigenvalue weighted by Crippen LogP contribution is -2.44. The Morgan fingerprint density at radius 1 is 1.00 bits per heavy atom. The van der Waals surface area contributed by atoms with E-state index in [1.54, 1.807) is 37.8 Å². The molecule has 0 amide bonds. The van der Waals surface area contributed by atoms with Crippen molar-refractivity contribution in [3.8, 4) is 11.5 Å². The third kappa shape index (κ3) is 13.0. The lowest BCUT2D eigenvalue weighted by atomic mass is 9.86. The molecule has 0 saturated carbocycles. The normalized spacial score (nSPS) is 13.1. The van der Waals surface area contributed by atoms with Crippen molar-refractivity contribution in [1.29, 1.82) is 0 Å². The molecule has 3 aromatic carbocycles. The quantitative estimate of drug-likeness (QED) is 0.0308. The van der Waals surface area contributed by atoms with Crippen LogP contribution in [0.2, 0.25) is 0 Å². The number of benzene rings is 3. The summed E-state index contributed by atoms with van der Waals surface area (Å²) in [5.74, 6) is 19.6. The lowest BCUT2D eigenvalue weighted by Gasteiger charge is -2.33. The fourth-order valence-electron chi connectivity index (χ4n) is 4.73. The minimum absolute atomic E-state index is 0.260. The molecule has 0 heterocycles. The number of fused-ring (bicyclic) bond motifs is 1. The number of allylic oxidation sites excluding steroid dienone is 2. The molecular formula is C39H62N8O3S. The molecule has 0 aromatic heterocycles. The van der Waals surface area contributed by atoms with Crippen molar-refractivity contribution in [2.45, 2.75) is 80.6 Å². The van der Waals surface area contributed by atoms with Gasteiger partial charge in [-0.1, -0.05) is 86.6 Å². The van der Waals surface area contributed by atoms with E-state index >= 15 is 0 Å². The number of methoxy groups -OCH3 is 1. The van der Waals surface area contributed by atoms with E-state index in [2.05, 4.69) is 53.6 Å². The summed E-state index contributed by atoms with van der Waals surface area (Å²) < 4.78 is 27.9. The number of ether oxygens (including phenoxy) is 2. The third-order valence-corrected chi connectivity index (χ3v) is 7.62. The van der Waals surface area contributed by atoms with Crippen molar-refractivity contribution in [3.63, 3.8) is 0 Å². The second kappa shape index (κ2) is 21.6. The van der Waals surface area contributed by atoms with Gasteiger partial charge in [-0.15, -0.1) is 0 Å². The Balaban J connectivity index is 0.00000313. The molecule has 12 heteroatoms. The number of rotatable bonds is 15. The zero-order chi connectivity index (χ0) is 38.8. The van der Waals surface area contributed by atoms with E-state index < -0.39 is 9.71 Å². The van der Waals surface area contributed by atoms with Crippen LogP contribution in [0.3, 0.4) is 0 Å². The lowest BCUT2D eigenvalue weighted by molar-refractivity contribution is 0.410. The Bertz CT molecular complexity index is 1760. The van der Waals surface area contributed by atoms with Gasteiger partial charge < -0.3 is 19.5 Å². The van der Waals surface area contributed by atoms with Gasteiger partial charge >= 0.3 is 0 Å². The van der Waals surface area contributed by atoms with Gasteiger partial charge in [-0.25, -0.2) is 15.9 Å². The summed E-state index contributed by atoms with van der Waals surface area (Å²) in [7, 11) is 0.591. The molecule has 282 valence electrons. The van der Waals surface area contributed by atoms with Gasteiger partial charge in [0.05, 0.1) is 24.8 Å². The van der Waals surface area contributed by atoms with E-state index in [-0.39, 0.29) is 5.41 Å². The zero-order valence-electron chi connectivity index (χ0n) is 32.8. The highest BCUT2D eigenvalue weighted by Gasteiger charge is 2.26. The fourth-order valence-corrected chi connectivity index (χ4v) is 5.34. The van der Waals surface area contributed by atoms with Gasteiger partial charge in [0.15, 0.2) is 11.6 Å². The highest BCUT2D eigenvalue weighted by molar-refractivity contribution is 8.00. The maximum atomic E-state index is 12.8. The van der Waals surface area contributed by atoms with Gasteiger partial charge in [0.1, 0.15) is 17.3 Å². The van der Waals surface area contributed by atoms with Gasteiger partial charge in [-0.3, -0.25) is 20.0 Å². The molecule has 51 heavy (non-hydrogen) atoms. The summed E-state index contributed by atoms with van der Waals surface area (Å²) >= 11 is 0. The van der Waals surface area contributed by atoms with Crippen molar-refractivity contribution < 1.29 is 13.7 Å². The fraction of sp³-hybridized carbons (Fsp3) is 0.410. The van der Waals surface area contributed by atoms with Crippen LogP contribution in [0.4, 0.5) is 17.1 Å². The van der Waals surface area contributed by atoms with E-state index in [4.69, 9.17) is 21.2 Å². The van der Waals surface area contributed by atoms with Crippen LogP contribution in [0.1, 0.15) is 80.7 Å². The Hall–Kier alpha value is -4.52. The smallest absolute Gasteiger partial charge is 0.200 e. The molecule has 0 radical (unpaired) electrons. The molecule has 1 unspecified atom stereocenters. The maximum Gasteiger partial charge on any atom is 0.200 e. The molecule has 0 spiro atoms. The largest absolute Gasteiger partial charge is 0.492 e. The number of hydrogen-bond acceptors (Lipinski definition) is 9. The summed E-state index contributed by atoms with van der Waals surface area (Å²) in [6.07, 6.45) is 10.1. The van der Waals surface area contributed by atoms with Crippen molar-refractivity contribution in [2.24, 2.45) is 21.7 Å². The van der Waals surface area contributed by atoms with E-state index in [0.717, 1.165) is 29.3 Å². The molecule has 3 rings (SSSR count). The maximum absolute atomic E-state index is 12.8. The summed E-state index contributed by atoms with van der Waals surface area (Å²) in [4.78, 5) is 8.38. The Morgan fingerprint density at radius 3 is 2.18 bits per heavy atom. The minimum atomic E-state index is -2.63. The highest BCUT2D eigenvalue weighted by atomic mass is 32.2. The van der Waals surface area contributed by atoms with Crippen LogP contribution in [0.25, 0.3) is 10.8 Å². The predicted molar refractivity (Wildman–Crippen MR) is 225 cm³/mol. The Morgan fingerprint density at radius 2 is 1.63 bits per heavy atom. The topological polar surface area (TPSA) is 143 Å². The predicted octanol–water partition coefficient (Wildman–Crippen LogP) is 8.13. The standard InChI is InChI=1S/C35H50N8O3S.2C2H6/c1-10-14-33(43(37)30-23-25(35(3,4)5)22-28(34(30)45-7)41-47(8,9)44)42(36)29-17-18-31(27-16-13-12-15-26(27)29)46-32(40-24-38-6)19-21-39-20-11-2;2*1-2/h12-19,21-24H,8,10-11,20,36-37H2,1-7,9H3,(H,38,40)(H,41,44);2*1-2H3/b32-19+,33-14?,39-21?;;. The van der Waals surface area contributed by atoms with Crippen LogP contribution in [-0.4, -0.2) is 49.6 Å². The van der Waals surface area contributed by atoms with Gasteiger partial charge in [0.2, 0.25) is 0 Å². The average Bonchev–Trinajstić information content (AvgIpc) is 3.11. The number of nitrogens with zero attached hydrogens (tertiary/aromatic N) is 4. The SMILES string of the molecule is C=S(C)(=O)Nc1cc(C(C)(C)C)cc(N(N)C(=CCC)N(N)c2ccc(O/C(=C/C=NCCC)NC=NC)c3ccccc23)c1OC.CC.CC. The van der Waals surface area contributed by atoms with Crippen molar-refractivity contribution in [3.05, 3.63) is 78.0 Å². The number of hydrogen-bond donors (Lipinski definition) is 4. The molecule has 0 saturated heterocycles. The first-order chi connectivity index (χ1) is 24.2. The highest BCUT2D eigenvalue weighted by Crippen LogP contribution is 2.42. The molecule has 3 aromatic rings. The van der Waals surface area contributed by atoms with E-state index in [9.17, 15) is 4.21 Å². The van der Waals surface area contributed by atoms with Gasteiger partial charge in [-0.05, 0) is 60.0 Å². The number of nitrogens with two attached hydrogens (primary N) is 2. The van der Waals surface area contributed by atoms with E-state index in [1.807, 2.05) is 89.2 Å². The summed E-state index contributed by atoms with van der Waals surface area (Å²) in [6.45, 7) is 19.1. The average molecular weight is 723 g/mol. The number of hydrazine groups is 2. The second-order valence-corrected chi connectivity index (χ2v) is 14.2. The Kier molecular flexibility index (Phi) is 18.9. The van der Waals surface area contributed by atoms with Crippen LogP contribution in [0.15, 0.2) is 82.4 Å². The summed E-state index contributed by atoms with van der Waals surface area (Å²) in [5, 5.41) is 7.77. The van der Waals surface area contributed by atoms with Gasteiger partial charge in [-0.2, -0.15) is 0 Å². The minimum Gasteiger partial charge on any atom is -0.492 e. The molecule has 0 aliphatic carbocycles. The first kappa shape index (κ1) is 44.5. The molecular weight excluding hydrogens is 661 g/mol. The van der Waals surface area contributed by atoms with Crippen molar-refractivity contribution >= 4 is 56.0 Å². The molecule has 11 nitrogen and oxygen atoms in total. The third-order valence-electron chi connectivity index (χ3n) is 6.97. The number of aliphatic imine (C=N–C) groups is 2. The number of anilines is 3. The summed E-state index contributed by atoms with van der Waals surface area (Å²) in [6, 6.07) is 15.4. The molecule has 0 aliphatic rings. The van der Waals surface area contributed by atoms with Crippen LogP contribution in [0.5, 0.6) is 11.5 Å². The van der Waals surface area contributed by atoms with Crippen LogP contribution < -0.4 is 41.2 Å². The summed E-state index contributed by atoms with van der Waals surface area (Å²) in [5.41, 5.74) is 2.44. The van der Waals surface area contributed by atoms with Crippen LogP contribution >= 0.6 is 0 Å². The molecule has 0 bridgehead atoms. The molecule has 1 atom stereocenters. The first-order valence-corrected chi connectivity index (χ1v) is 19.6. The molecule has 0 aliphatic heterocycles. The zero-order valence-corrected chi connectivity index (χ0v) is 33.6. The Labute approximate surface area is 307 Å². The van der Waals surface area contributed by atoms with Crippen molar-refractivity contribution in [2.75, 3.05) is 41.7 Å². The van der Waals surface area contributed by atoms with E-state index in [1.165, 1.54) is 11.3 Å². The van der Waals surface area contributed by atoms with Crippen LogP contribution in [-0.2, 0) is 15.1 Å².